The highest BCUT2D eigenvalue weighted by molar-refractivity contribution is 7.89. The highest BCUT2D eigenvalue weighted by Crippen LogP contribution is 2.32. The lowest BCUT2D eigenvalue weighted by atomic mass is 10.1. The van der Waals surface area contributed by atoms with Crippen molar-refractivity contribution >= 4 is 20.8 Å². The minimum atomic E-state index is -3.48. The Morgan fingerprint density at radius 1 is 1.09 bits per heavy atom. The van der Waals surface area contributed by atoms with Crippen LogP contribution >= 0.6 is 0 Å². The number of nitrogens with one attached hydrogen (secondary N) is 1. The number of fused-ring (bicyclic) bond motifs is 1. The predicted molar refractivity (Wildman–Crippen MR) is 92.3 cm³/mol. The van der Waals surface area contributed by atoms with Gasteiger partial charge in [-0.1, -0.05) is 44.0 Å². The number of hydrogen-bond acceptors (Lipinski definition) is 3. The van der Waals surface area contributed by atoms with Gasteiger partial charge >= 0.3 is 0 Å². The first kappa shape index (κ1) is 16.3. The summed E-state index contributed by atoms with van der Waals surface area (Å²) < 4.78 is 33.7. The molecule has 1 N–H and O–H groups in total. The van der Waals surface area contributed by atoms with Gasteiger partial charge in [0.25, 0.3) is 0 Å². The molecule has 124 valence electrons. The average Bonchev–Trinajstić information content (AvgIpc) is 3.34. The van der Waals surface area contributed by atoms with Crippen molar-refractivity contribution in [1.29, 1.82) is 0 Å². The molecule has 0 saturated heterocycles. The van der Waals surface area contributed by atoms with Crippen LogP contribution in [-0.4, -0.2) is 21.1 Å². The summed E-state index contributed by atoms with van der Waals surface area (Å²) in [5.74, 6) is 0.752. The lowest BCUT2D eigenvalue weighted by Gasteiger charge is -2.13. The third-order valence-electron chi connectivity index (χ3n) is 4.04. The first-order valence-corrected chi connectivity index (χ1v) is 9.77. The molecule has 0 bridgehead atoms. The molecule has 23 heavy (non-hydrogen) atoms. The van der Waals surface area contributed by atoms with Crippen LogP contribution in [0, 0.1) is 0 Å². The van der Waals surface area contributed by atoms with Crippen molar-refractivity contribution in [3.63, 3.8) is 0 Å². The number of hydrogen-bond donors (Lipinski definition) is 1. The summed E-state index contributed by atoms with van der Waals surface area (Å²) in [7, 11) is -3.48. The first-order valence-electron chi connectivity index (χ1n) is 8.28. The Balaban J connectivity index is 1.92. The summed E-state index contributed by atoms with van der Waals surface area (Å²) in [5, 5.41) is 1.57. The Hall–Kier alpha value is -1.59. The zero-order valence-electron chi connectivity index (χ0n) is 13.4. The van der Waals surface area contributed by atoms with Gasteiger partial charge in [0, 0.05) is 16.8 Å². The maximum Gasteiger partial charge on any atom is 0.241 e. The second-order valence-corrected chi connectivity index (χ2v) is 7.74. The van der Waals surface area contributed by atoms with Crippen LogP contribution < -0.4 is 9.46 Å². The molecule has 0 aliphatic heterocycles. The van der Waals surface area contributed by atoms with Crippen LogP contribution in [0.15, 0.2) is 41.3 Å². The van der Waals surface area contributed by atoms with Gasteiger partial charge in [-0.15, -0.1) is 0 Å². The Bertz CT molecular complexity index is 782. The maximum atomic E-state index is 12.6. The van der Waals surface area contributed by atoms with Crippen LogP contribution in [0.3, 0.4) is 0 Å². The third-order valence-corrected chi connectivity index (χ3v) is 5.62. The molecule has 0 atom stereocenters. The molecule has 4 nitrogen and oxygen atoms in total. The molecule has 1 fully saturated rings. The van der Waals surface area contributed by atoms with Crippen molar-refractivity contribution in [1.82, 2.24) is 4.72 Å². The second-order valence-electron chi connectivity index (χ2n) is 6.06. The van der Waals surface area contributed by atoms with Crippen LogP contribution in [0.4, 0.5) is 0 Å². The molecular formula is C18H23NO3S. The van der Waals surface area contributed by atoms with Gasteiger partial charge in [0.2, 0.25) is 10.0 Å². The number of ether oxygens (including phenoxy) is 1. The molecule has 0 radical (unpaired) electrons. The van der Waals surface area contributed by atoms with Crippen LogP contribution in [0.1, 0.15) is 39.0 Å². The van der Waals surface area contributed by atoms with E-state index in [-0.39, 0.29) is 6.04 Å². The van der Waals surface area contributed by atoms with Gasteiger partial charge in [-0.3, -0.25) is 0 Å². The van der Waals surface area contributed by atoms with Gasteiger partial charge in [0.05, 0.1) is 11.5 Å². The van der Waals surface area contributed by atoms with E-state index in [1.54, 1.807) is 12.1 Å². The summed E-state index contributed by atoms with van der Waals surface area (Å²) in [6, 6.07) is 11.1. The molecule has 0 spiro atoms. The molecule has 0 heterocycles. The molecule has 1 aliphatic carbocycles. The van der Waals surface area contributed by atoms with Crippen molar-refractivity contribution in [3.8, 4) is 5.75 Å². The Labute approximate surface area is 137 Å². The molecule has 2 aromatic rings. The van der Waals surface area contributed by atoms with E-state index >= 15 is 0 Å². The smallest absolute Gasteiger partial charge is 0.241 e. The monoisotopic (exact) mass is 333 g/mol. The fourth-order valence-corrected chi connectivity index (χ4v) is 4.14. The topological polar surface area (TPSA) is 55.4 Å². The third kappa shape index (κ3) is 3.85. The highest BCUT2D eigenvalue weighted by atomic mass is 32.2. The number of benzene rings is 2. The van der Waals surface area contributed by atoms with E-state index in [0.29, 0.717) is 16.9 Å². The average molecular weight is 333 g/mol. The van der Waals surface area contributed by atoms with Gasteiger partial charge in [-0.25, -0.2) is 13.1 Å². The zero-order valence-corrected chi connectivity index (χ0v) is 14.2. The second kappa shape index (κ2) is 6.89. The molecule has 1 saturated carbocycles. The lowest BCUT2D eigenvalue weighted by Crippen LogP contribution is -2.25. The van der Waals surface area contributed by atoms with Crippen molar-refractivity contribution in [3.05, 3.63) is 36.4 Å². The molecule has 2 aromatic carbocycles. The van der Waals surface area contributed by atoms with Crippen molar-refractivity contribution < 1.29 is 13.2 Å². The minimum absolute atomic E-state index is 0.101. The zero-order chi connectivity index (χ0) is 16.3. The molecule has 1 aliphatic rings. The van der Waals surface area contributed by atoms with Gasteiger partial charge in [0.1, 0.15) is 5.75 Å². The fourth-order valence-electron chi connectivity index (χ4n) is 2.62. The largest absolute Gasteiger partial charge is 0.493 e. The Kier molecular flexibility index (Phi) is 4.87. The summed E-state index contributed by atoms with van der Waals surface area (Å²) in [5.41, 5.74) is 0. The van der Waals surface area contributed by atoms with Gasteiger partial charge < -0.3 is 4.74 Å². The molecule has 0 amide bonds. The van der Waals surface area contributed by atoms with E-state index in [4.69, 9.17) is 4.74 Å². The molecule has 3 rings (SSSR count). The van der Waals surface area contributed by atoms with E-state index < -0.39 is 10.0 Å². The Morgan fingerprint density at radius 3 is 2.52 bits per heavy atom. The number of unbranched alkanes of at least 4 members (excludes halogenated alkanes) is 2. The highest BCUT2D eigenvalue weighted by Gasteiger charge is 2.29. The maximum absolute atomic E-state index is 12.6. The molecular weight excluding hydrogens is 310 g/mol. The van der Waals surface area contributed by atoms with E-state index in [1.165, 1.54) is 0 Å². The van der Waals surface area contributed by atoms with E-state index in [9.17, 15) is 8.42 Å². The summed E-state index contributed by atoms with van der Waals surface area (Å²) in [4.78, 5) is 0.334. The standard InChI is InChI=1S/C18H23NO3S/c1-2-3-6-13-22-17-11-12-18(16-8-5-4-7-15(16)17)23(20,21)19-14-9-10-14/h4-5,7-8,11-12,14,19H,2-3,6,9-10,13H2,1H3. The molecule has 0 aromatic heterocycles. The van der Waals surface area contributed by atoms with Crippen LogP contribution in [0.25, 0.3) is 10.8 Å². The summed E-state index contributed by atoms with van der Waals surface area (Å²) >= 11 is 0. The lowest BCUT2D eigenvalue weighted by molar-refractivity contribution is 0.309. The van der Waals surface area contributed by atoms with Crippen molar-refractivity contribution in [2.75, 3.05) is 6.61 Å². The van der Waals surface area contributed by atoms with Crippen molar-refractivity contribution in [2.45, 2.75) is 50.0 Å². The van der Waals surface area contributed by atoms with Crippen molar-refractivity contribution in [2.24, 2.45) is 0 Å². The SMILES string of the molecule is CCCCCOc1ccc(S(=O)(=O)NC2CC2)c2ccccc12. The van der Waals surface area contributed by atoms with Crippen LogP contribution in [0.5, 0.6) is 5.75 Å². The molecule has 5 heteroatoms. The summed E-state index contributed by atoms with van der Waals surface area (Å²) in [6.45, 7) is 2.81. The fraction of sp³-hybridized carbons (Fsp3) is 0.444. The van der Waals surface area contributed by atoms with Gasteiger partial charge in [-0.2, -0.15) is 0 Å². The van der Waals surface area contributed by atoms with Crippen LogP contribution in [0.2, 0.25) is 0 Å². The van der Waals surface area contributed by atoms with Gasteiger partial charge in [0.15, 0.2) is 0 Å². The first-order chi connectivity index (χ1) is 11.1. The van der Waals surface area contributed by atoms with Gasteiger partial charge in [-0.05, 0) is 31.4 Å². The normalized spacial score (nSPS) is 15.0. The van der Waals surface area contributed by atoms with E-state index in [0.717, 1.165) is 43.2 Å². The molecule has 0 unspecified atom stereocenters. The number of rotatable bonds is 8. The minimum Gasteiger partial charge on any atom is -0.493 e. The summed E-state index contributed by atoms with van der Waals surface area (Å²) in [6.07, 6.45) is 5.14. The van der Waals surface area contributed by atoms with E-state index in [1.807, 2.05) is 24.3 Å². The van der Waals surface area contributed by atoms with Crippen LogP contribution in [-0.2, 0) is 10.0 Å². The predicted octanol–water partition coefficient (Wildman–Crippen LogP) is 3.85. The Morgan fingerprint density at radius 2 is 1.83 bits per heavy atom. The number of sulfonamides is 1. The van der Waals surface area contributed by atoms with E-state index in [2.05, 4.69) is 11.6 Å². The quantitative estimate of drug-likeness (QED) is 0.747.